The highest BCUT2D eigenvalue weighted by atomic mass is 16.8. The molecule has 0 aromatic rings. The number of esters is 1. The zero-order valence-corrected chi connectivity index (χ0v) is 39.9. The van der Waals surface area contributed by atoms with Crippen molar-refractivity contribution in [1.29, 1.82) is 0 Å². The van der Waals surface area contributed by atoms with Crippen LogP contribution in [0.3, 0.4) is 0 Å². The molecular formula is C41H67N2O32-. The third kappa shape index (κ3) is 14.4. The average molecular weight is 1100 g/mol. The minimum Gasteiger partial charge on any atom is -0.544 e. The van der Waals surface area contributed by atoms with E-state index in [2.05, 4.69) is 15.4 Å². The van der Waals surface area contributed by atoms with Crippen LogP contribution in [0.25, 0.3) is 0 Å². The van der Waals surface area contributed by atoms with E-state index in [1.165, 1.54) is 0 Å². The molecule has 0 radical (unpaired) electrons. The number of hydrogen-bond donors (Lipinski definition) is 18. The Bertz CT molecular complexity index is 1830. The summed E-state index contributed by atoms with van der Waals surface area (Å²) in [5.41, 5.74) is 0. The summed E-state index contributed by atoms with van der Waals surface area (Å²) in [5, 5.41) is 190. The first-order chi connectivity index (χ1) is 35.4. The van der Waals surface area contributed by atoms with Gasteiger partial charge in [-0.2, -0.15) is 0 Å². The molecule has 2 amide bonds. The lowest BCUT2D eigenvalue weighted by molar-refractivity contribution is -0.415. The Balaban J connectivity index is 1.37. The summed E-state index contributed by atoms with van der Waals surface area (Å²) >= 11 is 0. The molecule has 0 unspecified atom stereocenters. The maximum absolute atomic E-state index is 12.8. The van der Waals surface area contributed by atoms with Gasteiger partial charge in [-0.15, -0.1) is 0 Å². The fraction of sp³-hybridized carbons (Fsp3) is 0.902. The van der Waals surface area contributed by atoms with Gasteiger partial charge in [-0.1, -0.05) is 0 Å². The molecule has 34 nitrogen and oxygen atoms in total. The van der Waals surface area contributed by atoms with E-state index in [1.807, 2.05) is 0 Å². The number of aliphatic hydroxyl groups is 16. The third-order valence-electron chi connectivity index (χ3n) is 12.9. The number of rotatable bonds is 24. The van der Waals surface area contributed by atoms with Crippen LogP contribution in [0.15, 0.2) is 0 Å². The number of ether oxygens (including phenoxy) is 11. The standard InChI is InChI=1S/C41H68N2O32/c1-12(50)43-21-33(73-39-30(62)35(25(57)18(6-46)68-39)75-41(40(63)64)3-15(52)22(54)34(74-41)23(55)16(53)10-65-13(2)51)24(56)17(5-45)67-36(21)71-31-20(8-48)70-38(29(61)27(31)59)72-32-19(7-47)69-37(28(60)26(32)58)66-9-14(4-44)42-11-49/h11,14-39,44-48,52-62H,3-10H2,1-2H3,(H,42,49)(H,43,50)(H,63,64)/p-1/t14-,15+,16-,17-,18-,19-,20-,21-,22-,23-,24+,25+,26-,27-,28-,29-,30-,31+,32-,33-,34-,35+,36+,37-,38+,39+,41+/m1/s1. The first-order valence-corrected chi connectivity index (χ1v) is 23.3. The normalized spacial score (nSPS) is 43.7. The summed E-state index contributed by atoms with van der Waals surface area (Å²) in [4.78, 5) is 47.6. The number of carboxylic acid groups (broad SMARTS) is 1. The zero-order chi connectivity index (χ0) is 55.8. The number of carbonyl (C=O) groups excluding carboxylic acids is 4. The van der Waals surface area contributed by atoms with E-state index in [-0.39, 0.29) is 6.41 Å². The molecule has 5 rings (SSSR count). The predicted octanol–water partition coefficient (Wildman–Crippen LogP) is -14.2. The first-order valence-electron chi connectivity index (χ1n) is 23.3. The summed E-state index contributed by atoms with van der Waals surface area (Å²) in [7, 11) is 0. The highest BCUT2D eigenvalue weighted by Crippen LogP contribution is 2.39. The van der Waals surface area contributed by atoms with Crippen LogP contribution >= 0.6 is 0 Å². The van der Waals surface area contributed by atoms with Crippen LogP contribution < -0.4 is 15.7 Å². The molecule has 5 saturated heterocycles. The van der Waals surface area contributed by atoms with Crippen molar-refractivity contribution in [3.05, 3.63) is 0 Å². The van der Waals surface area contributed by atoms with Crippen LogP contribution in [0, 0.1) is 0 Å². The van der Waals surface area contributed by atoms with Crippen molar-refractivity contribution in [3.63, 3.8) is 0 Å². The van der Waals surface area contributed by atoms with Crippen molar-refractivity contribution in [2.24, 2.45) is 0 Å². The number of aliphatic carboxylic acids is 1. The van der Waals surface area contributed by atoms with Crippen LogP contribution in [-0.2, 0) is 71.3 Å². The Morgan fingerprint density at radius 3 is 1.65 bits per heavy atom. The van der Waals surface area contributed by atoms with Crippen molar-refractivity contribution in [1.82, 2.24) is 10.6 Å². The second kappa shape index (κ2) is 27.6. The highest BCUT2D eigenvalue weighted by Gasteiger charge is 2.59. The number of amides is 2. The Morgan fingerprint density at radius 2 is 1.13 bits per heavy atom. The van der Waals surface area contributed by atoms with Gasteiger partial charge in [0.15, 0.2) is 25.2 Å². The molecule has 0 saturated carbocycles. The number of aliphatic hydroxyl groups excluding tert-OH is 16. The lowest BCUT2D eigenvalue weighted by Gasteiger charge is -2.52. The van der Waals surface area contributed by atoms with Gasteiger partial charge in [0.25, 0.3) is 0 Å². The fourth-order valence-electron chi connectivity index (χ4n) is 8.88. The van der Waals surface area contributed by atoms with E-state index in [4.69, 9.17) is 47.4 Å². The summed E-state index contributed by atoms with van der Waals surface area (Å²) in [6.07, 6.45) is -50.2. The summed E-state index contributed by atoms with van der Waals surface area (Å²) in [5.74, 6) is -7.54. The molecule has 0 aliphatic carbocycles. The van der Waals surface area contributed by atoms with Crippen molar-refractivity contribution in [2.45, 2.75) is 185 Å². The van der Waals surface area contributed by atoms with Gasteiger partial charge in [0.1, 0.15) is 135 Å². The second-order valence-corrected chi connectivity index (χ2v) is 18.2. The minimum absolute atomic E-state index is 0.270. The van der Waals surface area contributed by atoms with E-state index >= 15 is 0 Å². The Hall–Kier alpha value is -3.16. The van der Waals surface area contributed by atoms with Crippen molar-refractivity contribution in [3.8, 4) is 0 Å². The second-order valence-electron chi connectivity index (χ2n) is 18.2. The largest absolute Gasteiger partial charge is 0.544 e. The van der Waals surface area contributed by atoms with Crippen molar-refractivity contribution in [2.75, 3.05) is 46.2 Å². The molecule has 75 heavy (non-hydrogen) atoms. The van der Waals surface area contributed by atoms with Crippen LogP contribution in [0.2, 0.25) is 0 Å². The van der Waals surface area contributed by atoms with Gasteiger partial charge < -0.3 is 154 Å². The molecule has 0 bridgehead atoms. The maximum atomic E-state index is 12.8. The fourth-order valence-corrected chi connectivity index (χ4v) is 8.88. The monoisotopic (exact) mass is 1100 g/mol. The van der Waals surface area contributed by atoms with Crippen molar-refractivity contribution >= 4 is 24.3 Å². The van der Waals surface area contributed by atoms with Gasteiger partial charge in [-0.3, -0.25) is 14.4 Å². The van der Waals surface area contributed by atoms with Crippen LogP contribution in [0.5, 0.6) is 0 Å². The minimum atomic E-state index is -3.34. The molecular weight excluding hydrogens is 1030 g/mol. The highest BCUT2D eigenvalue weighted by molar-refractivity contribution is 5.74. The molecule has 5 aliphatic heterocycles. The van der Waals surface area contributed by atoms with Crippen molar-refractivity contribution < 1.29 is 158 Å². The molecule has 5 fully saturated rings. The van der Waals surface area contributed by atoms with E-state index in [0.717, 1.165) is 13.8 Å². The van der Waals surface area contributed by atoms with Gasteiger partial charge in [-0.25, -0.2) is 0 Å². The summed E-state index contributed by atoms with van der Waals surface area (Å²) in [6, 6.07) is -2.82. The third-order valence-corrected chi connectivity index (χ3v) is 12.9. The maximum Gasteiger partial charge on any atom is 0.302 e. The van der Waals surface area contributed by atoms with E-state index in [0.29, 0.717) is 0 Å². The van der Waals surface area contributed by atoms with Gasteiger partial charge in [-0.05, 0) is 0 Å². The molecule has 434 valence electrons. The van der Waals surface area contributed by atoms with Gasteiger partial charge in [0, 0.05) is 20.3 Å². The number of nitrogens with one attached hydrogen (secondary N) is 2. The van der Waals surface area contributed by atoms with Gasteiger partial charge >= 0.3 is 5.97 Å². The lowest BCUT2D eigenvalue weighted by Crippen LogP contribution is -2.71. The average Bonchev–Trinajstić information content (AvgIpc) is 3.37. The molecule has 0 spiro atoms. The van der Waals surface area contributed by atoms with E-state index in [9.17, 15) is 106 Å². The number of hydrogen-bond acceptors (Lipinski definition) is 32. The van der Waals surface area contributed by atoms with Crippen LogP contribution in [0.1, 0.15) is 20.3 Å². The predicted molar refractivity (Wildman–Crippen MR) is 226 cm³/mol. The molecule has 27 atom stereocenters. The summed E-state index contributed by atoms with van der Waals surface area (Å²) < 4.78 is 61.1. The van der Waals surface area contributed by atoms with E-state index in [1.54, 1.807) is 0 Å². The summed E-state index contributed by atoms with van der Waals surface area (Å²) in [6.45, 7) is -4.26. The van der Waals surface area contributed by atoms with Crippen LogP contribution in [-0.4, -0.2) is 317 Å². The van der Waals surface area contributed by atoms with Gasteiger partial charge in [0.2, 0.25) is 18.1 Å². The Kier molecular flexibility index (Phi) is 23.1. The molecule has 18 N–H and O–H groups in total. The molecule has 5 aliphatic rings. The topological polar surface area (TPSA) is 541 Å². The first kappa shape index (κ1) is 62.7. The van der Waals surface area contributed by atoms with Gasteiger partial charge in [0.05, 0.1) is 51.8 Å². The zero-order valence-electron chi connectivity index (χ0n) is 39.9. The smallest absolute Gasteiger partial charge is 0.302 e. The quantitative estimate of drug-likeness (QED) is 0.0315. The number of carbonyl (C=O) groups is 4. The van der Waals surface area contributed by atoms with E-state index < -0.39 is 236 Å². The SMILES string of the molecule is CC(=O)N[C@H]1[C@H](O[C@@H]2[C@H](O)[C@@H](O)[C@H](O[C@H]3[C@H](O)[C@@H](O)[C@H](OC[C@@H](CO)NC=O)O[C@@H]3CO)O[C@@H]2CO)O[C@H](CO)[C@H](O)[C@@H]1O[C@@H]1O[C@H](CO)[C@H](O)[C@H](O[C@]2(C(=O)[O-])C[C@H](O)[C@@H](O)[C@H]([C@H](O)[C@H](O)COC(C)=O)O2)[C@H]1O. The molecule has 5 heterocycles. The van der Waals surface area contributed by atoms with Crippen LogP contribution in [0.4, 0.5) is 0 Å². The molecule has 34 heteroatoms. The molecule has 0 aromatic carbocycles. The Morgan fingerprint density at radius 1 is 0.640 bits per heavy atom. The number of carboxylic acids is 1. The molecule has 0 aromatic heterocycles. The Labute approximate surface area is 424 Å². The lowest BCUT2D eigenvalue weighted by atomic mass is 9.90.